The maximum atomic E-state index is 8.69. The minimum atomic E-state index is -0.291. The Morgan fingerprint density at radius 1 is 1.36 bits per heavy atom. The molecular formula is C12H14O2. The molecule has 0 aliphatic rings. The van der Waals surface area contributed by atoms with Crippen molar-refractivity contribution in [2.45, 2.75) is 19.1 Å². The monoisotopic (exact) mass is 190 g/mol. The predicted octanol–water partition coefficient (Wildman–Crippen LogP) is 1.59. The highest BCUT2D eigenvalue weighted by Crippen LogP contribution is 2.04. The van der Waals surface area contributed by atoms with Crippen LogP contribution in [0.15, 0.2) is 30.3 Å². The van der Waals surface area contributed by atoms with E-state index in [1.165, 1.54) is 0 Å². The van der Waals surface area contributed by atoms with Crippen molar-refractivity contribution in [1.82, 2.24) is 0 Å². The molecule has 0 amide bonds. The number of benzene rings is 1. The van der Waals surface area contributed by atoms with Crippen LogP contribution in [0.2, 0.25) is 0 Å². The lowest BCUT2D eigenvalue weighted by atomic mass is 10.2. The zero-order chi connectivity index (χ0) is 10.2. The fraction of sp³-hybridized carbons (Fsp3) is 0.333. The van der Waals surface area contributed by atoms with E-state index < -0.39 is 0 Å². The van der Waals surface area contributed by atoms with Gasteiger partial charge in [-0.2, -0.15) is 0 Å². The molecular weight excluding hydrogens is 176 g/mol. The molecule has 0 aliphatic heterocycles. The summed E-state index contributed by atoms with van der Waals surface area (Å²) in [4.78, 5) is 0. The lowest BCUT2D eigenvalue weighted by molar-refractivity contribution is 0.0604. The fourth-order valence-corrected chi connectivity index (χ4v) is 1.10. The van der Waals surface area contributed by atoms with Gasteiger partial charge in [0.05, 0.1) is 6.61 Å². The Morgan fingerprint density at radius 2 is 2.07 bits per heavy atom. The summed E-state index contributed by atoms with van der Waals surface area (Å²) in [5.74, 6) is 2.49. The summed E-state index contributed by atoms with van der Waals surface area (Å²) in [6.45, 7) is 0.555. The number of hydrogen-bond acceptors (Lipinski definition) is 2. The van der Waals surface area contributed by atoms with Crippen LogP contribution in [0, 0.1) is 12.3 Å². The van der Waals surface area contributed by atoms with Gasteiger partial charge in [-0.05, 0) is 5.56 Å². The molecule has 0 radical (unpaired) electrons. The smallest absolute Gasteiger partial charge is 0.120 e. The van der Waals surface area contributed by atoms with Crippen molar-refractivity contribution >= 4 is 0 Å². The first-order chi connectivity index (χ1) is 6.86. The van der Waals surface area contributed by atoms with Crippen molar-refractivity contribution in [3.8, 4) is 12.3 Å². The van der Waals surface area contributed by atoms with Gasteiger partial charge in [0, 0.05) is 13.0 Å². The molecule has 1 rings (SSSR count). The Hall–Kier alpha value is -1.30. The number of aliphatic hydroxyl groups is 1. The standard InChI is InChI=1S/C12H14O2/c1-2-12(8-9-13)14-10-11-6-4-3-5-7-11/h1,3-7,12-13H,8-10H2. The number of terminal acetylenes is 1. The zero-order valence-corrected chi connectivity index (χ0v) is 8.02. The van der Waals surface area contributed by atoms with Gasteiger partial charge in [-0.3, -0.25) is 0 Å². The van der Waals surface area contributed by atoms with Crippen molar-refractivity contribution in [1.29, 1.82) is 0 Å². The second kappa shape index (κ2) is 6.20. The maximum absolute atomic E-state index is 8.69. The largest absolute Gasteiger partial charge is 0.396 e. The molecule has 2 nitrogen and oxygen atoms in total. The van der Waals surface area contributed by atoms with Crippen molar-refractivity contribution < 1.29 is 9.84 Å². The number of rotatable bonds is 5. The lowest BCUT2D eigenvalue weighted by Gasteiger charge is -2.10. The molecule has 1 aromatic carbocycles. The third-order valence-electron chi connectivity index (χ3n) is 1.87. The zero-order valence-electron chi connectivity index (χ0n) is 8.02. The first kappa shape index (κ1) is 10.8. The summed E-state index contributed by atoms with van der Waals surface area (Å²) < 4.78 is 5.42. The van der Waals surface area contributed by atoms with E-state index in [0.717, 1.165) is 5.56 Å². The van der Waals surface area contributed by atoms with Gasteiger partial charge in [0.1, 0.15) is 6.10 Å². The van der Waals surface area contributed by atoms with Crippen molar-refractivity contribution in [3.05, 3.63) is 35.9 Å². The van der Waals surface area contributed by atoms with Crippen LogP contribution in [0.3, 0.4) is 0 Å². The summed E-state index contributed by atoms with van der Waals surface area (Å²) >= 11 is 0. The van der Waals surface area contributed by atoms with E-state index in [2.05, 4.69) is 5.92 Å². The topological polar surface area (TPSA) is 29.5 Å². The highest BCUT2D eigenvalue weighted by Gasteiger charge is 2.03. The highest BCUT2D eigenvalue weighted by atomic mass is 16.5. The number of aliphatic hydroxyl groups excluding tert-OH is 1. The highest BCUT2D eigenvalue weighted by molar-refractivity contribution is 5.13. The Balaban J connectivity index is 2.37. The first-order valence-corrected chi connectivity index (χ1v) is 4.59. The lowest BCUT2D eigenvalue weighted by Crippen LogP contribution is -2.11. The third-order valence-corrected chi connectivity index (χ3v) is 1.87. The third kappa shape index (κ3) is 3.61. The van der Waals surface area contributed by atoms with E-state index in [9.17, 15) is 0 Å². The second-order valence-electron chi connectivity index (χ2n) is 2.96. The van der Waals surface area contributed by atoms with Gasteiger partial charge in [0.2, 0.25) is 0 Å². The molecule has 0 saturated carbocycles. The molecule has 0 heterocycles. The van der Waals surface area contributed by atoms with Crippen LogP contribution >= 0.6 is 0 Å². The molecule has 0 bridgehead atoms. The summed E-state index contributed by atoms with van der Waals surface area (Å²) in [6.07, 6.45) is 5.43. The van der Waals surface area contributed by atoms with Crippen LogP contribution in [-0.4, -0.2) is 17.8 Å². The van der Waals surface area contributed by atoms with Crippen molar-refractivity contribution in [2.75, 3.05) is 6.61 Å². The Kier molecular flexibility index (Phi) is 4.77. The molecule has 0 aromatic heterocycles. The van der Waals surface area contributed by atoms with Gasteiger partial charge in [-0.1, -0.05) is 36.3 Å². The van der Waals surface area contributed by atoms with E-state index in [1.807, 2.05) is 30.3 Å². The van der Waals surface area contributed by atoms with Gasteiger partial charge in [0.25, 0.3) is 0 Å². The predicted molar refractivity (Wildman–Crippen MR) is 55.6 cm³/mol. The van der Waals surface area contributed by atoms with Crippen molar-refractivity contribution in [3.63, 3.8) is 0 Å². The Labute approximate surface area is 84.5 Å². The van der Waals surface area contributed by atoms with Gasteiger partial charge >= 0.3 is 0 Å². The Morgan fingerprint density at radius 3 is 2.64 bits per heavy atom. The summed E-state index contributed by atoms with van der Waals surface area (Å²) in [5.41, 5.74) is 1.09. The van der Waals surface area contributed by atoms with Crippen LogP contribution in [0.25, 0.3) is 0 Å². The molecule has 2 heteroatoms. The molecule has 1 N–H and O–H groups in total. The summed E-state index contributed by atoms with van der Waals surface area (Å²) in [5, 5.41) is 8.69. The molecule has 1 atom stereocenters. The first-order valence-electron chi connectivity index (χ1n) is 4.59. The SMILES string of the molecule is C#CC(CCO)OCc1ccccc1. The average Bonchev–Trinajstić information content (AvgIpc) is 2.25. The van der Waals surface area contributed by atoms with Crippen LogP contribution in [-0.2, 0) is 11.3 Å². The molecule has 1 aromatic rings. The van der Waals surface area contributed by atoms with E-state index in [4.69, 9.17) is 16.3 Å². The van der Waals surface area contributed by atoms with Crippen molar-refractivity contribution in [2.24, 2.45) is 0 Å². The maximum Gasteiger partial charge on any atom is 0.120 e. The van der Waals surface area contributed by atoms with Crippen LogP contribution < -0.4 is 0 Å². The van der Waals surface area contributed by atoms with E-state index in [0.29, 0.717) is 13.0 Å². The second-order valence-corrected chi connectivity index (χ2v) is 2.96. The minimum absolute atomic E-state index is 0.0592. The van der Waals surface area contributed by atoms with Crippen LogP contribution in [0.1, 0.15) is 12.0 Å². The minimum Gasteiger partial charge on any atom is -0.396 e. The molecule has 0 fully saturated rings. The van der Waals surface area contributed by atoms with E-state index in [1.54, 1.807) is 0 Å². The number of hydrogen-bond donors (Lipinski definition) is 1. The van der Waals surface area contributed by atoms with Gasteiger partial charge < -0.3 is 9.84 Å². The Bertz CT molecular complexity index is 287. The molecule has 14 heavy (non-hydrogen) atoms. The molecule has 0 spiro atoms. The van der Waals surface area contributed by atoms with E-state index >= 15 is 0 Å². The van der Waals surface area contributed by atoms with Crippen LogP contribution in [0.5, 0.6) is 0 Å². The van der Waals surface area contributed by atoms with Gasteiger partial charge in [-0.25, -0.2) is 0 Å². The number of ether oxygens (including phenoxy) is 1. The molecule has 74 valence electrons. The average molecular weight is 190 g/mol. The summed E-state index contributed by atoms with van der Waals surface area (Å²) in [7, 11) is 0. The van der Waals surface area contributed by atoms with E-state index in [-0.39, 0.29) is 12.7 Å². The van der Waals surface area contributed by atoms with Gasteiger partial charge in [0.15, 0.2) is 0 Å². The molecule has 1 unspecified atom stereocenters. The molecule has 0 saturated heterocycles. The normalized spacial score (nSPS) is 12.0. The fourth-order valence-electron chi connectivity index (χ4n) is 1.10. The molecule has 0 aliphatic carbocycles. The van der Waals surface area contributed by atoms with Crippen LogP contribution in [0.4, 0.5) is 0 Å². The van der Waals surface area contributed by atoms with Gasteiger partial charge in [-0.15, -0.1) is 6.42 Å². The summed E-state index contributed by atoms with van der Waals surface area (Å²) in [6, 6.07) is 9.82. The quantitative estimate of drug-likeness (QED) is 0.714.